The largest absolute Gasteiger partial charge is 0.455 e. The Bertz CT molecular complexity index is 1250. The van der Waals surface area contributed by atoms with Gasteiger partial charge in [0.1, 0.15) is 11.5 Å². The van der Waals surface area contributed by atoms with Crippen LogP contribution in [0.3, 0.4) is 0 Å². The van der Waals surface area contributed by atoms with Crippen molar-refractivity contribution in [2.75, 3.05) is 5.32 Å². The van der Waals surface area contributed by atoms with Gasteiger partial charge in [0.2, 0.25) is 5.91 Å². The number of nitrogens with one attached hydrogen (secondary N) is 1. The summed E-state index contributed by atoms with van der Waals surface area (Å²) >= 11 is 0. The lowest BCUT2D eigenvalue weighted by molar-refractivity contribution is -0.116. The standard InChI is InChI=1S/C23H20N4O3/c1-16-13-17(8-9-21(16)30-18-5-4-11-24-14-18)26-22(28)10-12-27-15-25-20-7-3-2-6-19(20)23(27)29/h2-9,11,13-15H,10,12H2,1H3,(H,26,28). The van der Waals surface area contributed by atoms with Crippen LogP contribution in [-0.2, 0) is 11.3 Å². The van der Waals surface area contributed by atoms with Crippen molar-refractivity contribution in [1.82, 2.24) is 14.5 Å². The molecule has 0 aliphatic carbocycles. The number of aryl methyl sites for hydroxylation is 2. The van der Waals surface area contributed by atoms with E-state index in [1.54, 1.807) is 48.8 Å². The fourth-order valence-corrected chi connectivity index (χ4v) is 3.09. The third-order valence-corrected chi connectivity index (χ3v) is 4.63. The van der Waals surface area contributed by atoms with Crippen molar-refractivity contribution in [2.45, 2.75) is 19.9 Å². The van der Waals surface area contributed by atoms with Crippen molar-refractivity contribution in [3.05, 3.63) is 89.2 Å². The number of ether oxygens (including phenoxy) is 1. The van der Waals surface area contributed by atoms with Crippen LogP contribution in [0.2, 0.25) is 0 Å². The zero-order chi connectivity index (χ0) is 20.9. The highest BCUT2D eigenvalue weighted by molar-refractivity contribution is 5.90. The normalized spacial score (nSPS) is 10.7. The summed E-state index contributed by atoms with van der Waals surface area (Å²) in [5.41, 5.74) is 2.04. The van der Waals surface area contributed by atoms with Crippen LogP contribution in [0.1, 0.15) is 12.0 Å². The van der Waals surface area contributed by atoms with Gasteiger partial charge in [0, 0.05) is 24.8 Å². The SMILES string of the molecule is Cc1cc(NC(=O)CCn2cnc3ccccc3c2=O)ccc1Oc1cccnc1. The monoisotopic (exact) mass is 400 g/mol. The Hall–Kier alpha value is -4.00. The van der Waals surface area contributed by atoms with E-state index in [2.05, 4.69) is 15.3 Å². The average Bonchev–Trinajstić information content (AvgIpc) is 2.76. The zero-order valence-electron chi connectivity index (χ0n) is 16.4. The Labute approximate surface area is 173 Å². The molecule has 2 aromatic carbocycles. The lowest BCUT2D eigenvalue weighted by Gasteiger charge is -2.11. The molecule has 0 aliphatic rings. The van der Waals surface area contributed by atoms with E-state index in [0.717, 1.165) is 5.56 Å². The maximum absolute atomic E-state index is 12.5. The van der Waals surface area contributed by atoms with E-state index in [0.29, 0.717) is 28.1 Å². The molecule has 0 fully saturated rings. The second-order valence-electron chi connectivity index (χ2n) is 6.83. The number of carbonyl (C=O) groups excluding carboxylic acids is 1. The number of amides is 1. The predicted octanol–water partition coefficient (Wildman–Crippen LogP) is 3.92. The lowest BCUT2D eigenvalue weighted by atomic mass is 10.2. The highest BCUT2D eigenvalue weighted by Gasteiger charge is 2.09. The van der Waals surface area contributed by atoms with Crippen LogP contribution in [-0.4, -0.2) is 20.4 Å². The molecule has 2 heterocycles. The molecule has 0 bridgehead atoms. The maximum atomic E-state index is 12.5. The Kier molecular flexibility index (Phi) is 5.52. The first-order valence-electron chi connectivity index (χ1n) is 9.53. The fourth-order valence-electron chi connectivity index (χ4n) is 3.09. The molecule has 0 spiro atoms. The summed E-state index contributed by atoms with van der Waals surface area (Å²) in [6.45, 7) is 2.16. The smallest absolute Gasteiger partial charge is 0.261 e. The van der Waals surface area contributed by atoms with Crippen molar-refractivity contribution < 1.29 is 9.53 Å². The van der Waals surface area contributed by atoms with Crippen molar-refractivity contribution in [3.63, 3.8) is 0 Å². The third kappa shape index (κ3) is 4.35. The molecule has 150 valence electrons. The number of aromatic nitrogens is 3. The van der Waals surface area contributed by atoms with E-state index in [1.165, 1.54) is 10.9 Å². The Morgan fingerprint density at radius 3 is 2.80 bits per heavy atom. The van der Waals surface area contributed by atoms with Crippen LogP contribution in [0.4, 0.5) is 5.69 Å². The zero-order valence-corrected chi connectivity index (χ0v) is 16.4. The predicted molar refractivity (Wildman–Crippen MR) is 115 cm³/mol. The third-order valence-electron chi connectivity index (χ3n) is 4.63. The number of anilines is 1. The molecule has 4 aromatic rings. The lowest BCUT2D eigenvalue weighted by Crippen LogP contribution is -2.23. The molecular formula is C23H20N4O3. The molecular weight excluding hydrogens is 380 g/mol. The number of para-hydroxylation sites is 1. The molecule has 0 saturated carbocycles. The molecule has 7 nitrogen and oxygen atoms in total. The van der Waals surface area contributed by atoms with Crippen LogP contribution < -0.4 is 15.6 Å². The number of rotatable bonds is 6. The molecule has 0 unspecified atom stereocenters. The summed E-state index contributed by atoms with van der Waals surface area (Å²) in [7, 11) is 0. The minimum atomic E-state index is -0.185. The molecule has 0 saturated heterocycles. The second-order valence-corrected chi connectivity index (χ2v) is 6.83. The summed E-state index contributed by atoms with van der Waals surface area (Å²) < 4.78 is 7.26. The van der Waals surface area contributed by atoms with Gasteiger partial charge in [-0.25, -0.2) is 4.98 Å². The number of carbonyl (C=O) groups is 1. The highest BCUT2D eigenvalue weighted by atomic mass is 16.5. The maximum Gasteiger partial charge on any atom is 0.261 e. The van der Waals surface area contributed by atoms with Crippen molar-refractivity contribution in [2.24, 2.45) is 0 Å². The van der Waals surface area contributed by atoms with Gasteiger partial charge in [-0.1, -0.05) is 12.1 Å². The minimum Gasteiger partial charge on any atom is -0.455 e. The number of nitrogens with zero attached hydrogens (tertiary/aromatic N) is 3. The first-order valence-corrected chi connectivity index (χ1v) is 9.53. The number of pyridine rings is 1. The van der Waals surface area contributed by atoms with Crippen molar-refractivity contribution in [3.8, 4) is 11.5 Å². The first kappa shape index (κ1) is 19.3. The molecule has 30 heavy (non-hydrogen) atoms. The van der Waals surface area contributed by atoms with Gasteiger partial charge in [-0.05, 0) is 55.0 Å². The second kappa shape index (κ2) is 8.57. The van der Waals surface area contributed by atoms with Gasteiger partial charge in [0.05, 0.1) is 23.4 Å². The summed E-state index contributed by atoms with van der Waals surface area (Å²) in [5.74, 6) is 1.15. The Balaban J connectivity index is 1.39. The summed E-state index contributed by atoms with van der Waals surface area (Å²) in [6, 6.07) is 16.2. The Morgan fingerprint density at radius 1 is 1.13 bits per heavy atom. The number of hydrogen-bond acceptors (Lipinski definition) is 5. The van der Waals surface area contributed by atoms with Crippen LogP contribution >= 0.6 is 0 Å². The quantitative estimate of drug-likeness (QED) is 0.530. The van der Waals surface area contributed by atoms with Crippen LogP contribution in [0.5, 0.6) is 11.5 Å². The van der Waals surface area contributed by atoms with Crippen LogP contribution in [0, 0.1) is 6.92 Å². The fraction of sp³-hybridized carbons (Fsp3) is 0.130. The molecule has 0 atom stereocenters. The minimum absolute atomic E-state index is 0.152. The number of hydrogen-bond donors (Lipinski definition) is 1. The molecule has 1 N–H and O–H groups in total. The number of benzene rings is 2. The van der Waals surface area contributed by atoms with Gasteiger partial charge in [-0.3, -0.25) is 19.1 Å². The van der Waals surface area contributed by atoms with E-state index >= 15 is 0 Å². The summed E-state index contributed by atoms with van der Waals surface area (Å²) in [6.07, 6.45) is 4.96. The van der Waals surface area contributed by atoms with Crippen molar-refractivity contribution in [1.29, 1.82) is 0 Å². The molecule has 7 heteroatoms. The topological polar surface area (TPSA) is 86.1 Å². The molecule has 0 aliphatic heterocycles. The Morgan fingerprint density at radius 2 is 2.00 bits per heavy atom. The van der Waals surface area contributed by atoms with Gasteiger partial charge in [-0.15, -0.1) is 0 Å². The van der Waals surface area contributed by atoms with E-state index in [-0.39, 0.29) is 24.4 Å². The molecule has 4 rings (SSSR count). The molecule has 2 aromatic heterocycles. The molecule has 0 radical (unpaired) electrons. The van der Waals surface area contributed by atoms with Gasteiger partial charge >= 0.3 is 0 Å². The first-order chi connectivity index (χ1) is 14.6. The van der Waals surface area contributed by atoms with Crippen LogP contribution in [0.15, 0.2) is 78.1 Å². The van der Waals surface area contributed by atoms with Gasteiger partial charge in [0.15, 0.2) is 0 Å². The summed E-state index contributed by atoms with van der Waals surface area (Å²) in [4.78, 5) is 33.2. The van der Waals surface area contributed by atoms with E-state index < -0.39 is 0 Å². The van der Waals surface area contributed by atoms with E-state index in [4.69, 9.17) is 4.74 Å². The van der Waals surface area contributed by atoms with Gasteiger partial charge in [-0.2, -0.15) is 0 Å². The molecule has 1 amide bonds. The number of fused-ring (bicyclic) bond motifs is 1. The van der Waals surface area contributed by atoms with Gasteiger partial charge < -0.3 is 10.1 Å². The van der Waals surface area contributed by atoms with Crippen molar-refractivity contribution >= 4 is 22.5 Å². The summed E-state index contributed by atoms with van der Waals surface area (Å²) in [5, 5.41) is 3.40. The van der Waals surface area contributed by atoms with Crippen LogP contribution in [0.25, 0.3) is 10.9 Å². The van der Waals surface area contributed by atoms with Gasteiger partial charge in [0.25, 0.3) is 5.56 Å². The average molecular weight is 400 g/mol. The van der Waals surface area contributed by atoms with E-state index in [9.17, 15) is 9.59 Å². The van der Waals surface area contributed by atoms with E-state index in [1.807, 2.05) is 25.1 Å². The highest BCUT2D eigenvalue weighted by Crippen LogP contribution is 2.26.